The number of rotatable bonds is 9. The van der Waals surface area contributed by atoms with E-state index in [4.69, 9.17) is 14.2 Å². The van der Waals surface area contributed by atoms with Crippen LogP contribution in [-0.2, 0) is 4.74 Å². The van der Waals surface area contributed by atoms with Gasteiger partial charge in [-0.3, -0.25) is 0 Å². The van der Waals surface area contributed by atoms with Gasteiger partial charge in [0, 0.05) is 20.1 Å². The number of ether oxygens (including phenoxy) is 3. The molecule has 0 radical (unpaired) electrons. The van der Waals surface area contributed by atoms with Crippen molar-refractivity contribution in [1.82, 2.24) is 0 Å². The first-order valence-electron chi connectivity index (χ1n) is 7.23. The molecule has 0 heterocycles. The highest BCUT2D eigenvalue weighted by Gasteiger charge is 2.07. The van der Waals surface area contributed by atoms with Gasteiger partial charge in [0.15, 0.2) is 11.5 Å². The minimum absolute atomic E-state index is 0.0632. The fraction of sp³-hybridized carbons (Fsp3) is 0.529. The average molecular weight is 294 g/mol. The Hall–Kier alpha value is -1.52. The van der Waals surface area contributed by atoms with Crippen LogP contribution in [0.25, 0.3) is 6.08 Å². The predicted molar refractivity (Wildman–Crippen MR) is 84.9 cm³/mol. The molecule has 4 heteroatoms. The van der Waals surface area contributed by atoms with Crippen LogP contribution in [0, 0.1) is 5.92 Å². The lowest BCUT2D eigenvalue weighted by Crippen LogP contribution is -2.03. The van der Waals surface area contributed by atoms with E-state index in [1.165, 1.54) is 0 Å². The molecule has 1 N–H and O–H groups in total. The van der Waals surface area contributed by atoms with E-state index in [-0.39, 0.29) is 6.61 Å². The summed E-state index contributed by atoms with van der Waals surface area (Å²) in [5.74, 6) is 1.73. The summed E-state index contributed by atoms with van der Waals surface area (Å²) in [6.07, 6.45) is 2.82. The van der Waals surface area contributed by atoms with Crippen molar-refractivity contribution in [2.75, 3.05) is 34.0 Å². The minimum Gasteiger partial charge on any atom is -0.493 e. The molecule has 21 heavy (non-hydrogen) atoms. The first-order valence-corrected chi connectivity index (χ1v) is 7.23. The van der Waals surface area contributed by atoms with Crippen LogP contribution in [0.3, 0.4) is 0 Å². The van der Waals surface area contributed by atoms with Gasteiger partial charge in [-0.1, -0.05) is 26.0 Å². The van der Waals surface area contributed by atoms with Crippen molar-refractivity contribution >= 4 is 6.08 Å². The molecular weight excluding hydrogens is 268 g/mol. The van der Waals surface area contributed by atoms with Gasteiger partial charge in [-0.2, -0.15) is 0 Å². The largest absolute Gasteiger partial charge is 0.493 e. The van der Waals surface area contributed by atoms with E-state index in [0.717, 1.165) is 17.6 Å². The van der Waals surface area contributed by atoms with Crippen molar-refractivity contribution in [2.24, 2.45) is 5.92 Å². The Bertz CT molecular complexity index is 452. The monoisotopic (exact) mass is 294 g/mol. The van der Waals surface area contributed by atoms with Gasteiger partial charge in [0.05, 0.1) is 20.3 Å². The summed E-state index contributed by atoms with van der Waals surface area (Å²) in [6, 6.07) is 5.77. The highest BCUT2D eigenvalue weighted by Crippen LogP contribution is 2.29. The van der Waals surface area contributed by atoms with E-state index < -0.39 is 0 Å². The first kappa shape index (κ1) is 17.5. The number of aliphatic hydroxyl groups is 1. The molecule has 0 unspecified atom stereocenters. The molecule has 1 aromatic rings. The summed E-state index contributed by atoms with van der Waals surface area (Å²) in [5.41, 5.74) is 1.99. The molecule has 0 atom stereocenters. The lowest BCUT2D eigenvalue weighted by Gasteiger charge is -2.12. The Morgan fingerprint density at radius 3 is 2.52 bits per heavy atom. The SMILES string of the molecule is COCCCOc1cc(C=C(CO)C(C)C)ccc1OC. The molecule has 0 aliphatic rings. The zero-order valence-corrected chi connectivity index (χ0v) is 13.4. The molecule has 0 bridgehead atoms. The summed E-state index contributed by atoms with van der Waals surface area (Å²) in [5, 5.41) is 9.39. The maximum atomic E-state index is 9.39. The van der Waals surface area contributed by atoms with Crippen LogP contribution in [-0.4, -0.2) is 39.1 Å². The fourth-order valence-corrected chi connectivity index (χ4v) is 1.89. The first-order chi connectivity index (χ1) is 10.1. The Balaban J connectivity index is 2.88. The van der Waals surface area contributed by atoms with Gasteiger partial charge in [-0.25, -0.2) is 0 Å². The van der Waals surface area contributed by atoms with Gasteiger partial charge in [0.1, 0.15) is 0 Å². The molecule has 1 rings (SSSR count). The Morgan fingerprint density at radius 1 is 1.19 bits per heavy atom. The second-order valence-electron chi connectivity index (χ2n) is 5.14. The summed E-state index contributed by atoms with van der Waals surface area (Å²) in [7, 11) is 3.30. The van der Waals surface area contributed by atoms with Crippen LogP contribution < -0.4 is 9.47 Å². The minimum atomic E-state index is 0.0632. The lowest BCUT2D eigenvalue weighted by atomic mass is 10.0. The number of hydrogen-bond donors (Lipinski definition) is 1. The summed E-state index contributed by atoms with van der Waals surface area (Å²) in [4.78, 5) is 0. The second-order valence-corrected chi connectivity index (χ2v) is 5.14. The molecule has 0 spiro atoms. The Kier molecular flexibility index (Phi) is 7.87. The highest BCUT2D eigenvalue weighted by atomic mass is 16.5. The standard InChI is InChI=1S/C17H26O4/c1-13(2)15(12-18)10-14-6-7-16(20-4)17(11-14)21-9-5-8-19-3/h6-7,10-11,13,18H,5,8-9,12H2,1-4H3. The van der Waals surface area contributed by atoms with Gasteiger partial charge in [0.25, 0.3) is 0 Å². The number of hydrogen-bond acceptors (Lipinski definition) is 4. The number of aliphatic hydroxyl groups excluding tert-OH is 1. The van der Waals surface area contributed by atoms with Crippen LogP contribution in [0.1, 0.15) is 25.8 Å². The normalized spacial score (nSPS) is 11.8. The topological polar surface area (TPSA) is 47.9 Å². The Morgan fingerprint density at radius 2 is 1.95 bits per heavy atom. The van der Waals surface area contributed by atoms with Gasteiger partial charge in [-0.05, 0) is 29.2 Å². The summed E-state index contributed by atoms with van der Waals surface area (Å²) < 4.78 is 16.1. The van der Waals surface area contributed by atoms with Crippen molar-refractivity contribution in [3.05, 3.63) is 29.3 Å². The molecule has 0 saturated carbocycles. The molecule has 4 nitrogen and oxygen atoms in total. The van der Waals surface area contributed by atoms with E-state index in [1.807, 2.05) is 24.3 Å². The number of methoxy groups -OCH3 is 2. The predicted octanol–water partition coefficient (Wildman–Crippen LogP) is 3.14. The summed E-state index contributed by atoms with van der Waals surface area (Å²) in [6.45, 7) is 5.44. The smallest absolute Gasteiger partial charge is 0.161 e. The van der Waals surface area contributed by atoms with Gasteiger partial charge < -0.3 is 19.3 Å². The number of benzene rings is 1. The van der Waals surface area contributed by atoms with Crippen LogP contribution in [0.4, 0.5) is 0 Å². The van der Waals surface area contributed by atoms with Gasteiger partial charge in [0.2, 0.25) is 0 Å². The zero-order chi connectivity index (χ0) is 15.7. The molecule has 118 valence electrons. The van der Waals surface area contributed by atoms with Gasteiger partial charge >= 0.3 is 0 Å². The average Bonchev–Trinajstić information content (AvgIpc) is 2.49. The van der Waals surface area contributed by atoms with Crippen LogP contribution in [0.5, 0.6) is 11.5 Å². The van der Waals surface area contributed by atoms with E-state index in [1.54, 1.807) is 14.2 Å². The van der Waals surface area contributed by atoms with Crippen molar-refractivity contribution < 1.29 is 19.3 Å². The van der Waals surface area contributed by atoms with E-state index in [2.05, 4.69) is 13.8 Å². The third kappa shape index (κ3) is 5.78. The molecule has 0 aliphatic heterocycles. The van der Waals surface area contributed by atoms with Crippen molar-refractivity contribution in [1.29, 1.82) is 0 Å². The molecule has 0 amide bonds. The molecule has 0 aliphatic carbocycles. The van der Waals surface area contributed by atoms with Crippen molar-refractivity contribution in [3.63, 3.8) is 0 Å². The van der Waals surface area contributed by atoms with Crippen LogP contribution >= 0.6 is 0 Å². The molecule has 0 saturated heterocycles. The fourth-order valence-electron chi connectivity index (χ4n) is 1.89. The molecule has 1 aromatic carbocycles. The van der Waals surface area contributed by atoms with Crippen molar-refractivity contribution in [3.8, 4) is 11.5 Å². The van der Waals surface area contributed by atoms with Crippen LogP contribution in [0.15, 0.2) is 23.8 Å². The quantitative estimate of drug-likeness (QED) is 0.711. The highest BCUT2D eigenvalue weighted by molar-refractivity contribution is 5.58. The zero-order valence-electron chi connectivity index (χ0n) is 13.4. The van der Waals surface area contributed by atoms with E-state index in [0.29, 0.717) is 30.6 Å². The van der Waals surface area contributed by atoms with Gasteiger partial charge in [-0.15, -0.1) is 0 Å². The second kappa shape index (κ2) is 9.42. The van der Waals surface area contributed by atoms with E-state index in [9.17, 15) is 5.11 Å². The third-order valence-electron chi connectivity index (χ3n) is 3.21. The lowest BCUT2D eigenvalue weighted by molar-refractivity contribution is 0.170. The van der Waals surface area contributed by atoms with Crippen molar-refractivity contribution in [2.45, 2.75) is 20.3 Å². The molecule has 0 fully saturated rings. The molecule has 0 aromatic heterocycles. The maximum absolute atomic E-state index is 9.39. The van der Waals surface area contributed by atoms with Crippen LogP contribution in [0.2, 0.25) is 0 Å². The third-order valence-corrected chi connectivity index (χ3v) is 3.21. The summed E-state index contributed by atoms with van der Waals surface area (Å²) >= 11 is 0. The maximum Gasteiger partial charge on any atom is 0.161 e. The Labute approximate surface area is 127 Å². The molecular formula is C17H26O4. The van der Waals surface area contributed by atoms with E-state index >= 15 is 0 Å².